The first kappa shape index (κ1) is 18.0. The summed E-state index contributed by atoms with van der Waals surface area (Å²) in [5, 5.41) is 0. The Morgan fingerprint density at radius 3 is 2.38 bits per heavy atom. The van der Waals surface area contributed by atoms with Crippen molar-refractivity contribution in [2.75, 3.05) is 32.2 Å². The van der Waals surface area contributed by atoms with Crippen LogP contribution in [0, 0.1) is 0 Å². The zero-order chi connectivity index (χ0) is 20.1. The van der Waals surface area contributed by atoms with Crippen molar-refractivity contribution in [3.05, 3.63) is 52.1 Å². The molecule has 0 radical (unpaired) electrons. The monoisotopic (exact) mass is 392 g/mol. The van der Waals surface area contributed by atoms with E-state index in [1.807, 2.05) is 34.1 Å². The van der Waals surface area contributed by atoms with Crippen molar-refractivity contribution in [2.24, 2.45) is 0 Å². The number of benzene rings is 2. The number of methoxy groups -OCH3 is 2. The number of amides is 2. The van der Waals surface area contributed by atoms with E-state index in [2.05, 4.69) is 0 Å². The molecule has 0 saturated heterocycles. The van der Waals surface area contributed by atoms with Gasteiger partial charge in [0.15, 0.2) is 11.5 Å². The van der Waals surface area contributed by atoms with Crippen LogP contribution < -0.4 is 14.4 Å². The molecule has 6 heteroatoms. The molecule has 0 saturated carbocycles. The van der Waals surface area contributed by atoms with E-state index in [9.17, 15) is 9.59 Å². The fraction of sp³-hybridized carbons (Fsp3) is 0.391. The summed E-state index contributed by atoms with van der Waals surface area (Å²) in [6, 6.07) is 7.90. The van der Waals surface area contributed by atoms with Gasteiger partial charge in [-0.3, -0.25) is 9.59 Å². The van der Waals surface area contributed by atoms with Gasteiger partial charge in [0.2, 0.25) is 5.91 Å². The quantitative estimate of drug-likeness (QED) is 0.806. The Hall–Kier alpha value is -3.02. The number of ether oxygens (including phenoxy) is 2. The minimum Gasteiger partial charge on any atom is -0.493 e. The second-order valence-corrected chi connectivity index (χ2v) is 7.92. The predicted molar refractivity (Wildman–Crippen MR) is 109 cm³/mol. The van der Waals surface area contributed by atoms with Crippen molar-refractivity contribution in [3.8, 4) is 11.5 Å². The molecule has 0 bridgehead atoms. The van der Waals surface area contributed by atoms with Crippen LogP contribution in [0.5, 0.6) is 11.5 Å². The molecule has 2 amide bonds. The van der Waals surface area contributed by atoms with Gasteiger partial charge in [-0.1, -0.05) is 0 Å². The summed E-state index contributed by atoms with van der Waals surface area (Å²) >= 11 is 0. The van der Waals surface area contributed by atoms with Gasteiger partial charge >= 0.3 is 0 Å². The molecule has 5 rings (SSSR count). The lowest BCUT2D eigenvalue weighted by molar-refractivity contribution is -0.117. The van der Waals surface area contributed by atoms with Crippen LogP contribution >= 0.6 is 0 Å². The summed E-state index contributed by atoms with van der Waals surface area (Å²) in [5.41, 5.74) is 6.16. The molecule has 6 nitrogen and oxygen atoms in total. The highest BCUT2D eigenvalue weighted by molar-refractivity contribution is 6.04. The Morgan fingerprint density at radius 1 is 0.897 bits per heavy atom. The Balaban J connectivity index is 1.44. The highest BCUT2D eigenvalue weighted by Gasteiger charge is 2.34. The lowest BCUT2D eigenvalue weighted by Crippen LogP contribution is -2.36. The van der Waals surface area contributed by atoms with Gasteiger partial charge in [0.05, 0.1) is 26.3 Å². The zero-order valence-corrected chi connectivity index (χ0v) is 16.8. The summed E-state index contributed by atoms with van der Waals surface area (Å²) in [6.07, 6.45) is 3.07. The number of aryl methyl sites for hydroxylation is 1. The van der Waals surface area contributed by atoms with Gasteiger partial charge in [-0.25, -0.2) is 0 Å². The number of carbonyl (C=O) groups is 2. The number of hydrogen-bond donors (Lipinski definition) is 0. The van der Waals surface area contributed by atoms with Crippen LogP contribution in [0.25, 0.3) is 0 Å². The smallest absolute Gasteiger partial charge is 0.254 e. The zero-order valence-electron chi connectivity index (χ0n) is 16.8. The molecule has 3 aliphatic heterocycles. The number of rotatable bonds is 3. The molecule has 0 unspecified atom stereocenters. The molecule has 0 spiro atoms. The molecule has 2 aromatic rings. The molecule has 2 aromatic carbocycles. The van der Waals surface area contributed by atoms with Crippen LogP contribution in [0.1, 0.15) is 39.0 Å². The first-order valence-corrected chi connectivity index (χ1v) is 10.1. The molecular weight excluding hydrogens is 368 g/mol. The van der Waals surface area contributed by atoms with Gasteiger partial charge in [0.1, 0.15) is 0 Å². The molecule has 0 atom stereocenters. The molecule has 0 fully saturated rings. The summed E-state index contributed by atoms with van der Waals surface area (Å²) < 4.78 is 10.8. The van der Waals surface area contributed by atoms with Crippen molar-refractivity contribution in [2.45, 2.75) is 32.2 Å². The number of nitrogens with zero attached hydrogens (tertiary/aromatic N) is 2. The Bertz CT molecular complexity index is 1030. The van der Waals surface area contributed by atoms with Crippen molar-refractivity contribution < 1.29 is 19.1 Å². The minimum atomic E-state index is 0.0287. The summed E-state index contributed by atoms with van der Waals surface area (Å²) in [7, 11) is 3.26. The second kappa shape index (κ2) is 6.79. The highest BCUT2D eigenvalue weighted by Crippen LogP contribution is 2.38. The fourth-order valence-electron chi connectivity index (χ4n) is 4.84. The lowest BCUT2D eigenvalue weighted by Gasteiger charge is -2.30. The van der Waals surface area contributed by atoms with Crippen LogP contribution in [0.4, 0.5) is 5.69 Å². The third kappa shape index (κ3) is 2.85. The number of fused-ring (bicyclic) bond motifs is 1. The number of carbonyl (C=O) groups excluding carboxylic acids is 2. The molecule has 0 aliphatic carbocycles. The van der Waals surface area contributed by atoms with E-state index < -0.39 is 0 Å². The average Bonchev–Trinajstić information content (AvgIpc) is 3.08. The minimum absolute atomic E-state index is 0.0287. The largest absolute Gasteiger partial charge is 0.493 e. The topological polar surface area (TPSA) is 59.1 Å². The Kier molecular flexibility index (Phi) is 4.23. The van der Waals surface area contributed by atoms with E-state index >= 15 is 0 Å². The molecule has 29 heavy (non-hydrogen) atoms. The third-order valence-electron chi connectivity index (χ3n) is 6.26. The molecule has 3 aliphatic rings. The van der Waals surface area contributed by atoms with E-state index in [0.717, 1.165) is 53.9 Å². The van der Waals surface area contributed by atoms with Gasteiger partial charge in [0.25, 0.3) is 5.91 Å². The summed E-state index contributed by atoms with van der Waals surface area (Å²) in [4.78, 5) is 29.4. The van der Waals surface area contributed by atoms with Crippen molar-refractivity contribution in [1.29, 1.82) is 0 Å². The van der Waals surface area contributed by atoms with Gasteiger partial charge in [-0.05, 0) is 65.8 Å². The SMILES string of the molecule is COc1cc2c(cc1OC)CN(C(=O)c1cc3c4c(c1)CC(=O)N4CCC3)CC2. The number of hydrogen-bond acceptors (Lipinski definition) is 4. The van der Waals surface area contributed by atoms with Gasteiger partial charge < -0.3 is 19.3 Å². The number of anilines is 1. The average molecular weight is 392 g/mol. The maximum atomic E-state index is 13.3. The molecule has 3 heterocycles. The molecule has 0 aromatic heterocycles. The molecule has 150 valence electrons. The first-order valence-electron chi connectivity index (χ1n) is 10.1. The maximum Gasteiger partial charge on any atom is 0.254 e. The van der Waals surface area contributed by atoms with Crippen LogP contribution in [-0.2, 0) is 30.6 Å². The molecule has 0 N–H and O–H groups in total. The third-order valence-corrected chi connectivity index (χ3v) is 6.26. The van der Waals surface area contributed by atoms with Crippen LogP contribution in [0.3, 0.4) is 0 Å². The lowest BCUT2D eigenvalue weighted by atomic mass is 9.95. The van der Waals surface area contributed by atoms with Crippen LogP contribution in [-0.4, -0.2) is 44.0 Å². The fourth-order valence-corrected chi connectivity index (χ4v) is 4.84. The van der Waals surface area contributed by atoms with Crippen LogP contribution in [0.15, 0.2) is 24.3 Å². The standard InChI is InChI=1S/C23H24N2O4/c1-28-19-10-14-5-7-24(13-18(14)11-20(19)29-2)23(27)17-8-15-4-3-6-25-21(26)12-16(9-17)22(15)25/h8-11H,3-7,12-13H2,1-2H3. The van der Waals surface area contributed by atoms with Crippen LogP contribution in [0.2, 0.25) is 0 Å². The van der Waals surface area contributed by atoms with Crippen molar-refractivity contribution >= 4 is 17.5 Å². The summed E-state index contributed by atoms with van der Waals surface area (Å²) in [6.45, 7) is 2.01. The predicted octanol–water partition coefficient (Wildman–Crippen LogP) is 2.74. The van der Waals surface area contributed by atoms with Gasteiger partial charge in [0, 0.05) is 25.2 Å². The normalized spacial score (nSPS) is 17.1. The van der Waals surface area contributed by atoms with Crippen molar-refractivity contribution in [3.63, 3.8) is 0 Å². The van der Waals surface area contributed by atoms with E-state index in [0.29, 0.717) is 30.8 Å². The Labute approximate surface area is 170 Å². The van der Waals surface area contributed by atoms with Gasteiger partial charge in [-0.2, -0.15) is 0 Å². The molecular formula is C23H24N2O4. The second-order valence-electron chi connectivity index (χ2n) is 7.92. The summed E-state index contributed by atoms with van der Waals surface area (Å²) in [5.74, 6) is 1.58. The first-order chi connectivity index (χ1) is 14.1. The maximum absolute atomic E-state index is 13.3. The van der Waals surface area contributed by atoms with E-state index in [-0.39, 0.29) is 11.8 Å². The van der Waals surface area contributed by atoms with Crippen molar-refractivity contribution in [1.82, 2.24) is 4.90 Å². The van der Waals surface area contributed by atoms with E-state index in [1.165, 1.54) is 5.56 Å². The van der Waals surface area contributed by atoms with E-state index in [1.54, 1.807) is 14.2 Å². The highest BCUT2D eigenvalue weighted by atomic mass is 16.5. The van der Waals surface area contributed by atoms with E-state index in [4.69, 9.17) is 9.47 Å². The Morgan fingerprint density at radius 2 is 1.62 bits per heavy atom. The van der Waals surface area contributed by atoms with Gasteiger partial charge in [-0.15, -0.1) is 0 Å².